The number of nitrogens with one attached hydrogen (secondary N) is 5. The summed E-state index contributed by atoms with van der Waals surface area (Å²) < 4.78 is 31.8. The van der Waals surface area contributed by atoms with Crippen LogP contribution in [0.15, 0.2) is 0 Å². The molecule has 33 heavy (non-hydrogen) atoms. The van der Waals surface area contributed by atoms with Gasteiger partial charge in [0.2, 0.25) is 0 Å². The van der Waals surface area contributed by atoms with Crippen LogP contribution in [0.2, 0.25) is 0 Å². The van der Waals surface area contributed by atoms with Crippen molar-refractivity contribution in [2.45, 2.75) is 56.4 Å². The molecule has 0 spiro atoms. The molecule has 0 bridgehead atoms. The molecule has 10 nitrogen and oxygen atoms in total. The summed E-state index contributed by atoms with van der Waals surface area (Å²) in [5.41, 5.74) is 0. The summed E-state index contributed by atoms with van der Waals surface area (Å²) in [4.78, 5) is 0. The quantitative estimate of drug-likeness (QED) is 0.132. The van der Waals surface area contributed by atoms with E-state index in [0.717, 1.165) is 51.9 Å². The summed E-state index contributed by atoms with van der Waals surface area (Å²) in [6, 6.07) is 0. The van der Waals surface area contributed by atoms with E-state index in [1.807, 2.05) is 35.2 Å². The molecule has 1 heterocycles. The molecule has 1 fully saturated rings. The van der Waals surface area contributed by atoms with Crippen LogP contribution in [0.3, 0.4) is 0 Å². The Balaban J connectivity index is 2.99. The Kier molecular flexibility index (Phi) is 19.4. The molecule has 198 valence electrons. The lowest BCUT2D eigenvalue weighted by atomic mass is 9.97. The first-order valence-corrected chi connectivity index (χ1v) is 12.6. The van der Waals surface area contributed by atoms with Crippen LogP contribution in [0.25, 0.3) is 0 Å². The molecular weight excluding hydrogens is 426 g/mol. The highest BCUT2D eigenvalue weighted by atomic mass is 16.7. The van der Waals surface area contributed by atoms with Crippen molar-refractivity contribution < 1.29 is 23.7 Å². The van der Waals surface area contributed by atoms with E-state index in [-0.39, 0.29) is 24.4 Å². The lowest BCUT2D eigenvalue weighted by Gasteiger charge is -2.46. The molecule has 1 saturated heterocycles. The van der Waals surface area contributed by atoms with Gasteiger partial charge in [-0.3, -0.25) is 0 Å². The van der Waals surface area contributed by atoms with Gasteiger partial charge in [0.05, 0.1) is 6.61 Å². The van der Waals surface area contributed by atoms with Gasteiger partial charge in [-0.05, 0) is 87.1 Å². The fourth-order valence-corrected chi connectivity index (χ4v) is 3.80. The van der Waals surface area contributed by atoms with Crippen molar-refractivity contribution in [2.24, 2.45) is 0 Å². The first-order chi connectivity index (χ1) is 16.2. The molecule has 1 aliphatic rings. The Morgan fingerprint density at radius 3 is 1.39 bits per heavy atom. The third-order valence-corrected chi connectivity index (χ3v) is 5.49. The minimum absolute atomic E-state index is 0.189. The fourth-order valence-electron chi connectivity index (χ4n) is 3.80. The SMILES string of the molecule is CNCCCOC1OC(CNC)C(OCCCNC)C(OCCCNC)C1OCCCNC. The van der Waals surface area contributed by atoms with Crippen LogP contribution < -0.4 is 26.6 Å². The molecule has 5 atom stereocenters. The summed E-state index contributed by atoms with van der Waals surface area (Å²) in [5.74, 6) is 0. The number of ether oxygens (including phenoxy) is 5. The van der Waals surface area contributed by atoms with Crippen molar-refractivity contribution in [1.29, 1.82) is 0 Å². The number of rotatable bonds is 22. The van der Waals surface area contributed by atoms with Crippen LogP contribution in [0.1, 0.15) is 25.7 Å². The van der Waals surface area contributed by atoms with E-state index >= 15 is 0 Å². The van der Waals surface area contributed by atoms with Crippen LogP contribution >= 0.6 is 0 Å². The zero-order valence-electron chi connectivity index (χ0n) is 21.6. The molecule has 5 unspecified atom stereocenters. The second-order valence-corrected chi connectivity index (χ2v) is 8.31. The van der Waals surface area contributed by atoms with E-state index in [4.69, 9.17) is 23.7 Å². The lowest BCUT2D eigenvalue weighted by Crippen LogP contribution is -2.63. The maximum absolute atomic E-state index is 6.44. The Bertz CT molecular complexity index is 438. The summed E-state index contributed by atoms with van der Waals surface area (Å²) in [6.45, 7) is 6.67. The largest absolute Gasteiger partial charge is 0.373 e. The van der Waals surface area contributed by atoms with Crippen molar-refractivity contribution in [3.8, 4) is 0 Å². The van der Waals surface area contributed by atoms with Gasteiger partial charge in [-0.1, -0.05) is 0 Å². The minimum Gasteiger partial charge on any atom is -0.373 e. The monoisotopic (exact) mass is 477 g/mol. The van der Waals surface area contributed by atoms with E-state index < -0.39 is 6.29 Å². The van der Waals surface area contributed by atoms with Gasteiger partial charge >= 0.3 is 0 Å². The van der Waals surface area contributed by atoms with Crippen molar-refractivity contribution in [2.75, 3.05) is 94.4 Å². The molecule has 0 aromatic carbocycles. The van der Waals surface area contributed by atoms with Crippen molar-refractivity contribution in [1.82, 2.24) is 26.6 Å². The average Bonchev–Trinajstić information content (AvgIpc) is 2.82. The van der Waals surface area contributed by atoms with Gasteiger partial charge in [0.25, 0.3) is 0 Å². The van der Waals surface area contributed by atoms with E-state index in [1.54, 1.807) is 0 Å². The molecule has 0 aromatic heterocycles. The van der Waals surface area contributed by atoms with Gasteiger partial charge in [0, 0.05) is 26.4 Å². The number of hydrogen-bond donors (Lipinski definition) is 5. The predicted octanol–water partition coefficient (Wildman–Crippen LogP) is -0.459. The third-order valence-electron chi connectivity index (χ3n) is 5.49. The zero-order chi connectivity index (χ0) is 24.2. The molecule has 10 heteroatoms. The predicted molar refractivity (Wildman–Crippen MR) is 132 cm³/mol. The van der Waals surface area contributed by atoms with Crippen molar-refractivity contribution in [3.63, 3.8) is 0 Å². The third kappa shape index (κ3) is 12.7. The number of hydrogen-bond acceptors (Lipinski definition) is 10. The Morgan fingerprint density at radius 1 is 0.515 bits per heavy atom. The molecule has 1 aliphatic heterocycles. The second-order valence-electron chi connectivity index (χ2n) is 8.31. The molecule has 0 saturated carbocycles. The minimum atomic E-state index is -0.499. The van der Waals surface area contributed by atoms with Gasteiger partial charge in [-0.2, -0.15) is 0 Å². The second kappa shape index (κ2) is 20.9. The normalized spacial score (nSPS) is 25.5. The van der Waals surface area contributed by atoms with Gasteiger partial charge in [-0.15, -0.1) is 0 Å². The van der Waals surface area contributed by atoms with Crippen LogP contribution in [0.5, 0.6) is 0 Å². The van der Waals surface area contributed by atoms with Gasteiger partial charge < -0.3 is 50.3 Å². The maximum Gasteiger partial charge on any atom is 0.186 e. The van der Waals surface area contributed by atoms with Crippen LogP contribution in [0, 0.1) is 0 Å². The van der Waals surface area contributed by atoms with Crippen molar-refractivity contribution >= 4 is 0 Å². The molecule has 0 amide bonds. The molecule has 0 aromatic rings. The average molecular weight is 478 g/mol. The molecule has 0 aliphatic carbocycles. The Hall–Kier alpha value is -0.400. The topological polar surface area (TPSA) is 106 Å². The molecule has 1 rings (SSSR count). The maximum atomic E-state index is 6.44. The van der Waals surface area contributed by atoms with E-state index in [0.29, 0.717) is 33.0 Å². The standard InChI is InChI=1S/C23H51N5O5/c1-24-10-6-14-29-20-19(18-28-5)33-23(32-17-9-13-27-4)22(31-16-8-12-26-3)21(20)30-15-7-11-25-2/h19-28H,6-18H2,1-5H3. The van der Waals surface area contributed by atoms with Crippen LogP contribution in [0.4, 0.5) is 0 Å². The first-order valence-electron chi connectivity index (χ1n) is 12.6. The fraction of sp³-hybridized carbons (Fsp3) is 1.00. The molecular formula is C23H51N5O5. The van der Waals surface area contributed by atoms with Gasteiger partial charge in [0.1, 0.15) is 24.4 Å². The summed E-state index contributed by atoms with van der Waals surface area (Å²) in [5, 5.41) is 15.9. The van der Waals surface area contributed by atoms with E-state index in [1.165, 1.54) is 0 Å². The Morgan fingerprint density at radius 2 is 0.939 bits per heavy atom. The van der Waals surface area contributed by atoms with Gasteiger partial charge in [-0.25, -0.2) is 0 Å². The first kappa shape index (κ1) is 30.6. The highest BCUT2D eigenvalue weighted by Gasteiger charge is 2.48. The van der Waals surface area contributed by atoms with Gasteiger partial charge in [0.15, 0.2) is 6.29 Å². The van der Waals surface area contributed by atoms with E-state index in [9.17, 15) is 0 Å². The zero-order valence-corrected chi connectivity index (χ0v) is 21.6. The lowest BCUT2D eigenvalue weighted by molar-refractivity contribution is -0.317. The smallest absolute Gasteiger partial charge is 0.186 e. The summed E-state index contributed by atoms with van der Waals surface area (Å²) >= 11 is 0. The van der Waals surface area contributed by atoms with Crippen molar-refractivity contribution in [3.05, 3.63) is 0 Å². The van der Waals surface area contributed by atoms with E-state index in [2.05, 4.69) is 26.6 Å². The molecule has 0 radical (unpaired) electrons. The Labute approximate surface area is 201 Å². The van der Waals surface area contributed by atoms with Crippen LogP contribution in [-0.2, 0) is 23.7 Å². The highest BCUT2D eigenvalue weighted by Crippen LogP contribution is 2.29. The molecule has 5 N–H and O–H groups in total. The highest BCUT2D eigenvalue weighted by molar-refractivity contribution is 4.94. The number of likely N-dealkylation sites (N-methyl/N-ethyl adjacent to an activating group) is 1. The van der Waals surface area contributed by atoms with Crippen LogP contribution in [-0.4, -0.2) is 125 Å². The summed E-state index contributed by atoms with van der Waals surface area (Å²) in [6.07, 6.45) is 2.08. The summed E-state index contributed by atoms with van der Waals surface area (Å²) in [7, 11) is 9.72.